The monoisotopic (exact) mass is 356 g/mol. The highest BCUT2D eigenvalue weighted by Gasteiger charge is 2.08. The molecular weight excluding hydrogens is 308 g/mol. The van der Waals surface area contributed by atoms with Gasteiger partial charge in [0.25, 0.3) is 0 Å². The molecule has 0 aliphatic carbocycles. The Morgan fingerprint density at radius 1 is 0.625 bits per heavy atom. The minimum Gasteiger partial charge on any atom is -0.162 e. The summed E-state index contributed by atoms with van der Waals surface area (Å²) in [6.45, 7) is 14.2. The van der Waals surface area contributed by atoms with Gasteiger partial charge in [-0.3, -0.25) is 0 Å². The topological polar surface area (TPSA) is 0 Å². The summed E-state index contributed by atoms with van der Waals surface area (Å²) in [4.78, 5) is 0. The van der Waals surface area contributed by atoms with Crippen LogP contribution in [0.4, 0.5) is 0 Å². The summed E-state index contributed by atoms with van der Waals surface area (Å²) < 4.78 is 0. The number of rotatable bonds is 16. The van der Waals surface area contributed by atoms with E-state index >= 15 is 0 Å². The normalized spacial score (nSPS) is 13.6. The van der Waals surface area contributed by atoms with Gasteiger partial charge in [0.1, 0.15) is 0 Å². The first-order valence-electron chi connectivity index (χ1n) is 10.9. The second kappa shape index (κ2) is 15.6. The molecule has 0 aliphatic rings. The zero-order chi connectivity index (χ0) is 18.3. The van der Waals surface area contributed by atoms with Crippen molar-refractivity contribution in [2.24, 2.45) is 17.3 Å². The molecule has 1 heteroatoms. The van der Waals surface area contributed by atoms with Crippen LogP contribution in [0.25, 0.3) is 0 Å². The molecule has 0 rings (SSSR count). The van der Waals surface area contributed by atoms with E-state index in [2.05, 4.69) is 53.3 Å². The van der Waals surface area contributed by atoms with Crippen LogP contribution in [0.15, 0.2) is 0 Å². The number of thioether (sulfide) groups is 1. The van der Waals surface area contributed by atoms with Crippen molar-refractivity contribution >= 4 is 11.8 Å². The molecule has 0 bridgehead atoms. The van der Waals surface area contributed by atoms with Crippen molar-refractivity contribution in [3.63, 3.8) is 0 Å². The fourth-order valence-corrected chi connectivity index (χ4v) is 4.33. The molecule has 0 spiro atoms. The van der Waals surface area contributed by atoms with Gasteiger partial charge in [-0.15, -0.1) is 0 Å². The van der Waals surface area contributed by atoms with Crippen molar-refractivity contribution in [1.82, 2.24) is 0 Å². The van der Waals surface area contributed by atoms with E-state index in [1.165, 1.54) is 88.6 Å². The molecule has 0 aromatic heterocycles. The Balaban J connectivity index is 3.17. The summed E-state index contributed by atoms with van der Waals surface area (Å²) in [5, 5.41) is 0. The van der Waals surface area contributed by atoms with E-state index in [9.17, 15) is 0 Å². The van der Waals surface area contributed by atoms with Gasteiger partial charge >= 0.3 is 0 Å². The largest absolute Gasteiger partial charge is 0.162 e. The summed E-state index contributed by atoms with van der Waals surface area (Å²) in [6, 6.07) is 0. The van der Waals surface area contributed by atoms with Crippen LogP contribution < -0.4 is 0 Å². The summed E-state index contributed by atoms with van der Waals surface area (Å²) in [7, 11) is 0. The van der Waals surface area contributed by atoms with Crippen molar-refractivity contribution < 1.29 is 0 Å². The first-order valence-corrected chi connectivity index (χ1v) is 12.0. The standard InChI is InChI=1S/C23H48S/c1-21(2)15-14-16-22(3)17-20-24-19-13-11-9-7-8-10-12-18-23(4,5)6/h21-22H,7-20H2,1-6H3. The molecule has 1 unspecified atom stereocenters. The van der Waals surface area contributed by atoms with Crippen molar-refractivity contribution in [3.05, 3.63) is 0 Å². The smallest absolute Gasteiger partial charge is 0.00650 e. The van der Waals surface area contributed by atoms with Gasteiger partial charge in [-0.2, -0.15) is 11.8 Å². The lowest BCUT2D eigenvalue weighted by Crippen LogP contribution is -2.03. The molecular formula is C23H48S. The number of unbranched alkanes of at least 4 members (excludes halogenated alkanes) is 6. The summed E-state index contributed by atoms with van der Waals surface area (Å²) in [6.07, 6.45) is 17.2. The Kier molecular flexibility index (Phi) is 15.8. The molecule has 0 saturated heterocycles. The molecule has 0 aliphatic heterocycles. The molecule has 0 saturated carbocycles. The highest BCUT2D eigenvalue weighted by molar-refractivity contribution is 7.99. The third-order valence-corrected chi connectivity index (χ3v) is 6.05. The van der Waals surface area contributed by atoms with Gasteiger partial charge in [0, 0.05) is 0 Å². The lowest BCUT2D eigenvalue weighted by Gasteiger charge is -2.17. The van der Waals surface area contributed by atoms with Gasteiger partial charge < -0.3 is 0 Å². The maximum absolute atomic E-state index is 2.44. The quantitative estimate of drug-likeness (QED) is 0.249. The molecule has 0 fully saturated rings. The van der Waals surface area contributed by atoms with Crippen LogP contribution in [0, 0.1) is 17.3 Å². The number of hydrogen-bond donors (Lipinski definition) is 0. The second-order valence-corrected chi connectivity index (χ2v) is 10.8. The molecule has 1 atom stereocenters. The van der Waals surface area contributed by atoms with E-state index in [1.54, 1.807) is 0 Å². The minimum absolute atomic E-state index is 0.531. The van der Waals surface area contributed by atoms with Crippen LogP contribution >= 0.6 is 11.8 Å². The van der Waals surface area contributed by atoms with Crippen molar-refractivity contribution in [1.29, 1.82) is 0 Å². The molecule has 0 radical (unpaired) electrons. The van der Waals surface area contributed by atoms with Crippen LogP contribution in [0.3, 0.4) is 0 Å². The van der Waals surface area contributed by atoms with E-state index in [4.69, 9.17) is 0 Å². The van der Waals surface area contributed by atoms with E-state index < -0.39 is 0 Å². The van der Waals surface area contributed by atoms with Crippen molar-refractivity contribution in [2.75, 3.05) is 11.5 Å². The third kappa shape index (κ3) is 20.4. The molecule has 0 N–H and O–H groups in total. The Labute approximate surface area is 159 Å². The Morgan fingerprint density at radius 3 is 1.79 bits per heavy atom. The van der Waals surface area contributed by atoms with Gasteiger partial charge in [-0.1, -0.05) is 99.3 Å². The lowest BCUT2D eigenvalue weighted by atomic mass is 9.89. The van der Waals surface area contributed by atoms with E-state index in [0.717, 1.165) is 11.8 Å². The first kappa shape index (κ1) is 24.4. The zero-order valence-corrected chi connectivity index (χ0v) is 18.8. The highest BCUT2D eigenvalue weighted by atomic mass is 32.2. The van der Waals surface area contributed by atoms with Gasteiger partial charge in [0.2, 0.25) is 0 Å². The highest BCUT2D eigenvalue weighted by Crippen LogP contribution is 2.23. The summed E-state index contributed by atoms with van der Waals surface area (Å²) in [5.74, 6) is 4.59. The Bertz CT molecular complexity index is 251. The maximum Gasteiger partial charge on any atom is -0.00650 e. The van der Waals surface area contributed by atoms with E-state index in [-0.39, 0.29) is 0 Å². The third-order valence-electron chi connectivity index (χ3n) is 4.95. The zero-order valence-electron chi connectivity index (χ0n) is 18.0. The first-order chi connectivity index (χ1) is 11.3. The summed E-state index contributed by atoms with van der Waals surface area (Å²) in [5.41, 5.74) is 0.531. The van der Waals surface area contributed by atoms with Crippen molar-refractivity contribution in [2.45, 2.75) is 119 Å². The predicted octanol–water partition coefficient (Wildman–Crippen LogP) is 8.74. The lowest BCUT2D eigenvalue weighted by molar-refractivity contribution is 0.356. The minimum atomic E-state index is 0.531. The average Bonchev–Trinajstić information content (AvgIpc) is 2.47. The second-order valence-electron chi connectivity index (χ2n) is 9.62. The van der Waals surface area contributed by atoms with Gasteiger partial charge in [-0.05, 0) is 48.0 Å². The SMILES string of the molecule is CC(C)CCCC(C)CCSCCCCCCCCCC(C)(C)C. The van der Waals surface area contributed by atoms with Gasteiger partial charge in [-0.25, -0.2) is 0 Å². The molecule has 24 heavy (non-hydrogen) atoms. The van der Waals surface area contributed by atoms with Crippen LogP contribution in [0.5, 0.6) is 0 Å². The van der Waals surface area contributed by atoms with Crippen molar-refractivity contribution in [3.8, 4) is 0 Å². The Morgan fingerprint density at radius 2 is 1.21 bits per heavy atom. The molecule has 146 valence electrons. The summed E-state index contributed by atoms with van der Waals surface area (Å²) >= 11 is 2.20. The average molecular weight is 357 g/mol. The maximum atomic E-state index is 2.44. The molecule has 0 aromatic rings. The Hall–Kier alpha value is 0.350. The fourth-order valence-electron chi connectivity index (χ4n) is 3.15. The van der Waals surface area contributed by atoms with Crippen LogP contribution in [0.2, 0.25) is 0 Å². The predicted molar refractivity (Wildman–Crippen MR) is 116 cm³/mol. The molecule has 0 amide bonds. The number of hydrogen-bond acceptors (Lipinski definition) is 1. The fraction of sp³-hybridized carbons (Fsp3) is 1.00. The van der Waals surface area contributed by atoms with E-state index in [1.807, 2.05) is 0 Å². The molecule has 0 nitrogen and oxygen atoms in total. The van der Waals surface area contributed by atoms with Gasteiger partial charge in [0.15, 0.2) is 0 Å². The molecule has 0 heterocycles. The van der Waals surface area contributed by atoms with Crippen LogP contribution in [-0.2, 0) is 0 Å². The molecule has 0 aromatic carbocycles. The van der Waals surface area contributed by atoms with E-state index in [0.29, 0.717) is 5.41 Å². The van der Waals surface area contributed by atoms with Gasteiger partial charge in [0.05, 0.1) is 0 Å². The van der Waals surface area contributed by atoms with Crippen LogP contribution in [0.1, 0.15) is 119 Å². The van der Waals surface area contributed by atoms with Crippen LogP contribution in [-0.4, -0.2) is 11.5 Å².